The lowest BCUT2D eigenvalue weighted by molar-refractivity contribution is 0.456. The first-order chi connectivity index (χ1) is 11.6. The molecule has 0 aliphatic carbocycles. The Morgan fingerprint density at radius 2 is 2.08 bits per heavy atom. The monoisotopic (exact) mass is 342 g/mol. The van der Waals surface area contributed by atoms with Gasteiger partial charge >= 0.3 is 0 Å². The molecule has 0 saturated carbocycles. The Labute approximate surface area is 140 Å². The van der Waals surface area contributed by atoms with E-state index >= 15 is 0 Å². The molecule has 1 unspecified atom stereocenters. The quantitative estimate of drug-likeness (QED) is 0.788. The molecule has 3 aromatic rings. The van der Waals surface area contributed by atoms with Gasteiger partial charge in [-0.2, -0.15) is 9.40 Å². The molecule has 1 atom stereocenters. The third kappa shape index (κ3) is 2.70. The normalized spacial score (nSPS) is 19.1. The maximum Gasteiger partial charge on any atom is 0.246 e. The zero-order chi connectivity index (χ0) is 16.6. The number of hydrogen-bond acceptors (Lipinski definition) is 4. The number of benzene rings is 1. The Hall–Kier alpha value is -2.25. The predicted molar refractivity (Wildman–Crippen MR) is 90.9 cm³/mol. The SMILES string of the molecule is O=S(=O)(c1cn[nH]c1)N1CCC(Cc2cncc3ccccc23)C1. The van der Waals surface area contributed by atoms with Gasteiger partial charge in [0.2, 0.25) is 10.0 Å². The molecule has 1 aromatic carbocycles. The van der Waals surface area contributed by atoms with Crippen LogP contribution in [0.3, 0.4) is 0 Å². The summed E-state index contributed by atoms with van der Waals surface area (Å²) in [5.41, 5.74) is 1.18. The van der Waals surface area contributed by atoms with Crippen LogP contribution in [0.15, 0.2) is 53.9 Å². The first-order valence-corrected chi connectivity index (χ1v) is 9.39. The molecule has 1 saturated heterocycles. The van der Waals surface area contributed by atoms with E-state index in [-0.39, 0.29) is 4.90 Å². The van der Waals surface area contributed by atoms with Gasteiger partial charge in [-0.05, 0) is 29.7 Å². The lowest BCUT2D eigenvalue weighted by Gasteiger charge is -2.15. The topological polar surface area (TPSA) is 79.0 Å². The molecule has 0 amide bonds. The zero-order valence-corrected chi connectivity index (χ0v) is 13.9. The lowest BCUT2D eigenvalue weighted by Crippen LogP contribution is -2.28. The summed E-state index contributed by atoms with van der Waals surface area (Å²) < 4.78 is 26.7. The number of fused-ring (bicyclic) bond motifs is 1. The standard InChI is InChI=1S/C17H18N4O2S/c22-24(23,16-10-19-20-11-16)21-6-5-13(12-21)7-15-9-18-8-14-3-1-2-4-17(14)15/h1-4,8-11,13H,5-7,12H2,(H,19,20). The summed E-state index contributed by atoms with van der Waals surface area (Å²) in [5, 5.41) is 8.63. The van der Waals surface area contributed by atoms with Crippen molar-refractivity contribution < 1.29 is 8.42 Å². The van der Waals surface area contributed by atoms with E-state index in [1.165, 1.54) is 23.3 Å². The molecule has 0 radical (unpaired) electrons. The molecular weight excluding hydrogens is 324 g/mol. The van der Waals surface area contributed by atoms with E-state index in [0.717, 1.165) is 18.2 Å². The van der Waals surface area contributed by atoms with Crippen molar-refractivity contribution in [2.75, 3.05) is 13.1 Å². The number of sulfonamides is 1. The molecule has 24 heavy (non-hydrogen) atoms. The molecule has 0 spiro atoms. The first kappa shape index (κ1) is 15.3. The molecule has 1 fully saturated rings. The smallest absolute Gasteiger partial charge is 0.246 e. The van der Waals surface area contributed by atoms with Crippen LogP contribution in [0.1, 0.15) is 12.0 Å². The van der Waals surface area contributed by atoms with Gasteiger partial charge < -0.3 is 0 Å². The number of nitrogens with zero attached hydrogens (tertiary/aromatic N) is 3. The maximum atomic E-state index is 12.6. The van der Waals surface area contributed by atoms with E-state index in [1.54, 1.807) is 4.31 Å². The highest BCUT2D eigenvalue weighted by Crippen LogP contribution is 2.28. The molecule has 2 aromatic heterocycles. The van der Waals surface area contributed by atoms with Gasteiger partial charge in [0.1, 0.15) is 4.90 Å². The minimum Gasteiger partial charge on any atom is -0.284 e. The van der Waals surface area contributed by atoms with Crippen LogP contribution in [0.25, 0.3) is 10.8 Å². The number of pyridine rings is 1. The van der Waals surface area contributed by atoms with Crippen molar-refractivity contribution in [3.63, 3.8) is 0 Å². The third-order valence-corrected chi connectivity index (χ3v) is 6.45. The fourth-order valence-corrected chi connectivity index (χ4v) is 4.80. The number of H-pyrrole nitrogens is 1. The molecule has 1 aliphatic rings. The Morgan fingerprint density at radius 1 is 1.21 bits per heavy atom. The van der Waals surface area contributed by atoms with Crippen molar-refractivity contribution in [1.29, 1.82) is 0 Å². The van der Waals surface area contributed by atoms with E-state index in [1.807, 2.05) is 24.5 Å². The highest BCUT2D eigenvalue weighted by Gasteiger charge is 2.33. The van der Waals surface area contributed by atoms with Crippen LogP contribution in [0.5, 0.6) is 0 Å². The van der Waals surface area contributed by atoms with Crippen molar-refractivity contribution in [2.24, 2.45) is 5.92 Å². The van der Waals surface area contributed by atoms with E-state index in [0.29, 0.717) is 19.0 Å². The van der Waals surface area contributed by atoms with Crippen LogP contribution in [-0.4, -0.2) is 41.0 Å². The fraction of sp³-hybridized carbons (Fsp3) is 0.294. The van der Waals surface area contributed by atoms with Gasteiger partial charge in [-0.15, -0.1) is 0 Å². The molecule has 124 valence electrons. The van der Waals surface area contributed by atoms with Crippen LogP contribution in [0, 0.1) is 5.92 Å². The second-order valence-corrected chi connectivity index (χ2v) is 8.11. The third-order valence-electron chi connectivity index (χ3n) is 4.62. The zero-order valence-electron chi connectivity index (χ0n) is 13.1. The van der Waals surface area contributed by atoms with E-state index < -0.39 is 10.0 Å². The van der Waals surface area contributed by atoms with Gasteiger partial charge in [0, 0.05) is 37.1 Å². The van der Waals surface area contributed by atoms with Crippen molar-refractivity contribution in [1.82, 2.24) is 19.5 Å². The highest BCUT2D eigenvalue weighted by atomic mass is 32.2. The minimum atomic E-state index is -3.44. The Kier molecular flexibility index (Phi) is 3.82. The number of hydrogen-bond donors (Lipinski definition) is 1. The van der Waals surface area contributed by atoms with Crippen LogP contribution >= 0.6 is 0 Å². The maximum absolute atomic E-state index is 12.6. The van der Waals surface area contributed by atoms with Gasteiger partial charge in [0.25, 0.3) is 0 Å². The molecule has 0 bridgehead atoms. The van der Waals surface area contributed by atoms with Crippen molar-refractivity contribution >= 4 is 20.8 Å². The summed E-state index contributed by atoms with van der Waals surface area (Å²) >= 11 is 0. The van der Waals surface area contributed by atoms with Gasteiger partial charge in [-0.3, -0.25) is 10.1 Å². The Bertz CT molecular complexity index is 948. The van der Waals surface area contributed by atoms with E-state index in [9.17, 15) is 8.42 Å². The summed E-state index contributed by atoms with van der Waals surface area (Å²) in [7, 11) is -3.44. The fourth-order valence-electron chi connectivity index (χ4n) is 3.36. The summed E-state index contributed by atoms with van der Waals surface area (Å²) in [4.78, 5) is 4.55. The minimum absolute atomic E-state index is 0.231. The van der Waals surface area contributed by atoms with E-state index in [4.69, 9.17) is 0 Å². The predicted octanol–water partition coefficient (Wildman–Crippen LogP) is 2.21. The first-order valence-electron chi connectivity index (χ1n) is 7.95. The molecule has 7 heteroatoms. The second kappa shape index (κ2) is 5.99. The van der Waals surface area contributed by atoms with E-state index in [2.05, 4.69) is 27.3 Å². The average molecular weight is 342 g/mol. The molecule has 1 N–H and O–H groups in total. The van der Waals surface area contributed by atoms with Crippen LogP contribution in [0.2, 0.25) is 0 Å². The number of aromatic amines is 1. The number of aromatic nitrogens is 3. The molecular formula is C17H18N4O2S. The number of rotatable bonds is 4. The van der Waals surface area contributed by atoms with Crippen LogP contribution in [0.4, 0.5) is 0 Å². The Balaban J connectivity index is 1.53. The molecule has 4 rings (SSSR count). The highest BCUT2D eigenvalue weighted by molar-refractivity contribution is 7.89. The summed E-state index contributed by atoms with van der Waals surface area (Å²) in [6.07, 6.45) is 8.25. The largest absolute Gasteiger partial charge is 0.284 e. The average Bonchev–Trinajstić information content (AvgIpc) is 3.28. The summed E-state index contributed by atoms with van der Waals surface area (Å²) in [6.45, 7) is 1.09. The molecule has 1 aliphatic heterocycles. The van der Waals surface area contributed by atoms with Gasteiger partial charge in [-0.25, -0.2) is 8.42 Å². The van der Waals surface area contributed by atoms with Crippen molar-refractivity contribution in [2.45, 2.75) is 17.7 Å². The van der Waals surface area contributed by atoms with Crippen molar-refractivity contribution in [3.8, 4) is 0 Å². The summed E-state index contributed by atoms with van der Waals surface area (Å²) in [6, 6.07) is 8.18. The van der Waals surface area contributed by atoms with Gasteiger partial charge in [0.15, 0.2) is 0 Å². The number of nitrogens with one attached hydrogen (secondary N) is 1. The lowest BCUT2D eigenvalue weighted by atomic mass is 9.96. The van der Waals surface area contributed by atoms with Gasteiger partial charge in [0.05, 0.1) is 6.20 Å². The summed E-state index contributed by atoms with van der Waals surface area (Å²) in [5.74, 6) is 0.305. The Morgan fingerprint density at radius 3 is 2.92 bits per heavy atom. The van der Waals surface area contributed by atoms with Crippen LogP contribution < -0.4 is 0 Å². The molecule has 6 nitrogen and oxygen atoms in total. The molecule has 3 heterocycles. The second-order valence-electron chi connectivity index (χ2n) is 6.18. The van der Waals surface area contributed by atoms with Gasteiger partial charge in [-0.1, -0.05) is 24.3 Å². The van der Waals surface area contributed by atoms with Crippen LogP contribution in [-0.2, 0) is 16.4 Å². The van der Waals surface area contributed by atoms with Crippen molar-refractivity contribution in [3.05, 3.63) is 54.6 Å².